The molecule has 0 saturated heterocycles. The van der Waals surface area contributed by atoms with Crippen molar-refractivity contribution in [3.05, 3.63) is 26.6 Å². The first-order valence-electron chi connectivity index (χ1n) is 5.01. The summed E-state index contributed by atoms with van der Waals surface area (Å²) in [5.41, 5.74) is -0.387. The van der Waals surface area contributed by atoms with Gasteiger partial charge < -0.3 is 4.74 Å². The van der Waals surface area contributed by atoms with E-state index in [1.165, 1.54) is 10.9 Å². The molecule has 1 aromatic rings. The van der Waals surface area contributed by atoms with Crippen LogP contribution >= 0.6 is 23.2 Å². The van der Waals surface area contributed by atoms with Crippen LogP contribution in [0.5, 0.6) is 0 Å². The van der Waals surface area contributed by atoms with Crippen molar-refractivity contribution in [3.8, 4) is 0 Å². The molecule has 0 unspecified atom stereocenters. The Morgan fingerprint density at radius 3 is 2.81 bits per heavy atom. The highest BCUT2D eigenvalue weighted by molar-refractivity contribution is 6.41. The Hall–Kier alpha value is -0.580. The van der Waals surface area contributed by atoms with Gasteiger partial charge in [-0.3, -0.25) is 4.79 Å². The molecule has 0 spiro atoms. The SMILES string of the molecule is CC(C)COCCn1ncc(Cl)c(Cl)c1=O. The molecule has 0 atom stereocenters. The zero-order valence-corrected chi connectivity index (χ0v) is 10.8. The summed E-state index contributed by atoms with van der Waals surface area (Å²) in [6.07, 6.45) is 1.35. The Kier molecular flexibility index (Phi) is 5.25. The van der Waals surface area contributed by atoms with Crippen molar-refractivity contribution >= 4 is 23.2 Å². The van der Waals surface area contributed by atoms with Gasteiger partial charge in [0.2, 0.25) is 0 Å². The van der Waals surface area contributed by atoms with Gasteiger partial charge in [-0.15, -0.1) is 0 Å². The smallest absolute Gasteiger partial charge is 0.287 e. The first-order chi connectivity index (χ1) is 7.52. The first kappa shape index (κ1) is 13.5. The fraction of sp³-hybridized carbons (Fsp3) is 0.600. The Balaban J connectivity index is 2.55. The third-order valence-corrected chi connectivity index (χ3v) is 2.59. The van der Waals surface area contributed by atoms with Crippen molar-refractivity contribution in [2.75, 3.05) is 13.2 Å². The molecule has 0 radical (unpaired) electrons. The zero-order chi connectivity index (χ0) is 12.1. The number of ether oxygens (including phenoxy) is 1. The van der Waals surface area contributed by atoms with Crippen LogP contribution in [0.4, 0.5) is 0 Å². The summed E-state index contributed by atoms with van der Waals surface area (Å²) in [7, 11) is 0. The van der Waals surface area contributed by atoms with E-state index >= 15 is 0 Å². The van der Waals surface area contributed by atoms with Gasteiger partial charge in [-0.1, -0.05) is 37.0 Å². The van der Waals surface area contributed by atoms with E-state index in [4.69, 9.17) is 27.9 Å². The molecule has 0 aromatic carbocycles. The minimum Gasteiger partial charge on any atom is -0.379 e. The molecular weight excluding hydrogens is 251 g/mol. The quantitative estimate of drug-likeness (QED) is 0.767. The van der Waals surface area contributed by atoms with E-state index in [0.717, 1.165) is 0 Å². The Labute approximate surface area is 104 Å². The van der Waals surface area contributed by atoms with Crippen LogP contribution in [0, 0.1) is 5.92 Å². The molecule has 1 heterocycles. The summed E-state index contributed by atoms with van der Waals surface area (Å²) in [5.74, 6) is 0.471. The van der Waals surface area contributed by atoms with Crippen LogP contribution in [0.15, 0.2) is 11.0 Å². The van der Waals surface area contributed by atoms with E-state index in [1.807, 2.05) is 0 Å². The van der Waals surface area contributed by atoms with Gasteiger partial charge in [0.1, 0.15) is 5.02 Å². The largest absolute Gasteiger partial charge is 0.379 e. The summed E-state index contributed by atoms with van der Waals surface area (Å²) in [6, 6.07) is 0. The van der Waals surface area contributed by atoms with Crippen molar-refractivity contribution in [1.29, 1.82) is 0 Å². The molecule has 0 fully saturated rings. The third kappa shape index (κ3) is 3.77. The molecule has 0 bridgehead atoms. The lowest BCUT2D eigenvalue weighted by atomic mass is 10.2. The molecule has 1 rings (SSSR count). The van der Waals surface area contributed by atoms with E-state index in [-0.39, 0.29) is 15.6 Å². The number of rotatable bonds is 5. The second-order valence-corrected chi connectivity index (χ2v) is 4.59. The van der Waals surface area contributed by atoms with E-state index in [0.29, 0.717) is 25.7 Å². The number of hydrogen-bond acceptors (Lipinski definition) is 3. The highest BCUT2D eigenvalue weighted by Gasteiger charge is 2.06. The predicted octanol–water partition coefficient (Wildman–Crippen LogP) is 2.22. The van der Waals surface area contributed by atoms with Crippen LogP contribution in [-0.4, -0.2) is 23.0 Å². The van der Waals surface area contributed by atoms with Gasteiger partial charge in [-0.25, -0.2) is 4.68 Å². The van der Waals surface area contributed by atoms with Crippen molar-refractivity contribution in [3.63, 3.8) is 0 Å². The molecule has 0 saturated carbocycles. The van der Waals surface area contributed by atoms with E-state index in [9.17, 15) is 4.79 Å². The third-order valence-electron chi connectivity index (χ3n) is 1.84. The summed E-state index contributed by atoms with van der Waals surface area (Å²) < 4.78 is 6.59. The lowest BCUT2D eigenvalue weighted by Crippen LogP contribution is -2.25. The van der Waals surface area contributed by atoms with Crippen LogP contribution in [0.25, 0.3) is 0 Å². The van der Waals surface area contributed by atoms with Crippen LogP contribution in [0.1, 0.15) is 13.8 Å². The number of nitrogens with zero attached hydrogens (tertiary/aromatic N) is 2. The zero-order valence-electron chi connectivity index (χ0n) is 9.24. The lowest BCUT2D eigenvalue weighted by Gasteiger charge is -2.08. The van der Waals surface area contributed by atoms with Crippen molar-refractivity contribution in [1.82, 2.24) is 9.78 Å². The van der Waals surface area contributed by atoms with Crippen LogP contribution < -0.4 is 5.56 Å². The fourth-order valence-corrected chi connectivity index (χ4v) is 1.35. The molecular formula is C10H14Cl2N2O2. The van der Waals surface area contributed by atoms with Crippen molar-refractivity contribution < 1.29 is 4.74 Å². The maximum absolute atomic E-state index is 11.5. The Morgan fingerprint density at radius 2 is 2.19 bits per heavy atom. The van der Waals surface area contributed by atoms with Crippen LogP contribution in [-0.2, 0) is 11.3 Å². The summed E-state index contributed by atoms with van der Waals surface area (Å²) in [4.78, 5) is 11.5. The molecule has 6 heteroatoms. The average Bonchev–Trinajstić information content (AvgIpc) is 2.23. The Morgan fingerprint density at radius 1 is 1.50 bits per heavy atom. The number of hydrogen-bond donors (Lipinski definition) is 0. The highest BCUT2D eigenvalue weighted by atomic mass is 35.5. The van der Waals surface area contributed by atoms with Gasteiger partial charge in [0.25, 0.3) is 5.56 Å². The maximum atomic E-state index is 11.5. The van der Waals surface area contributed by atoms with E-state index in [1.54, 1.807) is 0 Å². The molecule has 16 heavy (non-hydrogen) atoms. The molecule has 0 N–H and O–H groups in total. The molecule has 0 amide bonds. The normalized spacial score (nSPS) is 11.1. The Bertz CT molecular complexity index is 404. The minimum atomic E-state index is -0.387. The van der Waals surface area contributed by atoms with Gasteiger partial charge in [0.15, 0.2) is 0 Å². The molecule has 1 aromatic heterocycles. The summed E-state index contributed by atoms with van der Waals surface area (Å²) in [6.45, 7) is 5.59. The topological polar surface area (TPSA) is 44.1 Å². The second-order valence-electron chi connectivity index (χ2n) is 3.80. The highest BCUT2D eigenvalue weighted by Crippen LogP contribution is 2.14. The van der Waals surface area contributed by atoms with Gasteiger partial charge in [0, 0.05) is 6.61 Å². The van der Waals surface area contributed by atoms with Gasteiger partial charge >= 0.3 is 0 Å². The van der Waals surface area contributed by atoms with Crippen LogP contribution in [0.2, 0.25) is 10.0 Å². The summed E-state index contributed by atoms with van der Waals surface area (Å²) >= 11 is 11.3. The second kappa shape index (κ2) is 6.23. The van der Waals surface area contributed by atoms with Gasteiger partial charge in [-0.05, 0) is 5.92 Å². The molecule has 90 valence electrons. The minimum absolute atomic E-state index is 0.000487. The molecule has 0 aliphatic heterocycles. The molecule has 0 aliphatic carbocycles. The monoisotopic (exact) mass is 264 g/mol. The van der Waals surface area contributed by atoms with Crippen molar-refractivity contribution in [2.45, 2.75) is 20.4 Å². The molecule has 0 aliphatic rings. The predicted molar refractivity (Wildman–Crippen MR) is 64.2 cm³/mol. The lowest BCUT2D eigenvalue weighted by molar-refractivity contribution is 0.100. The summed E-state index contributed by atoms with van der Waals surface area (Å²) in [5, 5.41) is 4.04. The number of aromatic nitrogens is 2. The fourth-order valence-electron chi connectivity index (χ4n) is 1.07. The van der Waals surface area contributed by atoms with E-state index in [2.05, 4.69) is 18.9 Å². The van der Waals surface area contributed by atoms with Crippen molar-refractivity contribution in [2.24, 2.45) is 5.92 Å². The maximum Gasteiger partial charge on any atom is 0.287 e. The average molecular weight is 265 g/mol. The molecule has 4 nitrogen and oxygen atoms in total. The van der Waals surface area contributed by atoms with Crippen LogP contribution in [0.3, 0.4) is 0 Å². The van der Waals surface area contributed by atoms with Gasteiger partial charge in [-0.2, -0.15) is 5.10 Å². The standard InChI is InChI=1S/C10H14Cl2N2O2/c1-7(2)6-16-4-3-14-10(15)9(12)8(11)5-13-14/h5,7H,3-4,6H2,1-2H3. The first-order valence-corrected chi connectivity index (χ1v) is 5.77. The van der Waals surface area contributed by atoms with Gasteiger partial charge in [0.05, 0.1) is 24.4 Å². The number of halogens is 2. The van der Waals surface area contributed by atoms with E-state index < -0.39 is 0 Å².